The molecule has 1 unspecified atom stereocenters. The fourth-order valence-electron chi connectivity index (χ4n) is 0.604. The largest absolute Gasteiger partial charge is 0.457 e. The SMILES string of the molecule is CC(O)c1ccoc1Br. The maximum atomic E-state index is 9.00. The number of furan rings is 1. The molecule has 0 aromatic carbocycles. The first-order valence-electron chi connectivity index (χ1n) is 2.63. The zero-order chi connectivity index (χ0) is 6.85. The van der Waals surface area contributed by atoms with Gasteiger partial charge < -0.3 is 9.52 Å². The molecular weight excluding hydrogens is 184 g/mol. The van der Waals surface area contributed by atoms with E-state index in [1.54, 1.807) is 13.0 Å². The molecule has 1 aromatic rings. The summed E-state index contributed by atoms with van der Waals surface area (Å²) in [6.45, 7) is 1.69. The molecule has 9 heavy (non-hydrogen) atoms. The molecule has 1 rings (SSSR count). The number of rotatable bonds is 1. The minimum absolute atomic E-state index is 0.460. The van der Waals surface area contributed by atoms with Gasteiger partial charge in [-0.05, 0) is 28.9 Å². The molecular formula is C6H7BrO2. The van der Waals surface area contributed by atoms with Crippen molar-refractivity contribution in [3.05, 3.63) is 22.6 Å². The molecule has 1 atom stereocenters. The standard InChI is InChI=1S/C6H7BrO2/c1-4(8)5-2-3-9-6(5)7/h2-4,8H,1H3. The zero-order valence-electron chi connectivity index (χ0n) is 4.97. The normalized spacial score (nSPS) is 13.7. The summed E-state index contributed by atoms with van der Waals surface area (Å²) in [5.74, 6) is 0. The Hall–Kier alpha value is -0.280. The van der Waals surface area contributed by atoms with Gasteiger partial charge in [-0.1, -0.05) is 0 Å². The van der Waals surface area contributed by atoms with Gasteiger partial charge in [0.15, 0.2) is 4.67 Å². The highest BCUT2D eigenvalue weighted by Crippen LogP contribution is 2.23. The highest BCUT2D eigenvalue weighted by Gasteiger charge is 2.06. The Balaban J connectivity index is 2.94. The lowest BCUT2D eigenvalue weighted by Crippen LogP contribution is -1.87. The Labute approximate surface area is 61.6 Å². The van der Waals surface area contributed by atoms with E-state index in [-0.39, 0.29) is 0 Å². The number of aliphatic hydroxyl groups is 1. The number of aliphatic hydroxyl groups excluding tert-OH is 1. The molecule has 0 spiro atoms. The van der Waals surface area contributed by atoms with Crippen LogP contribution in [-0.2, 0) is 0 Å². The van der Waals surface area contributed by atoms with Crippen molar-refractivity contribution in [2.45, 2.75) is 13.0 Å². The minimum atomic E-state index is -0.460. The molecule has 0 saturated carbocycles. The van der Waals surface area contributed by atoms with Crippen LogP contribution in [0.1, 0.15) is 18.6 Å². The molecule has 0 aliphatic rings. The molecule has 0 fully saturated rings. The first kappa shape index (κ1) is 6.83. The lowest BCUT2D eigenvalue weighted by molar-refractivity contribution is 0.197. The van der Waals surface area contributed by atoms with Crippen LogP contribution in [-0.4, -0.2) is 5.11 Å². The van der Waals surface area contributed by atoms with Crippen molar-refractivity contribution in [3.8, 4) is 0 Å². The van der Waals surface area contributed by atoms with E-state index in [0.717, 1.165) is 5.56 Å². The van der Waals surface area contributed by atoms with E-state index in [9.17, 15) is 0 Å². The van der Waals surface area contributed by atoms with Crippen LogP contribution in [0.5, 0.6) is 0 Å². The van der Waals surface area contributed by atoms with Gasteiger partial charge in [0, 0.05) is 5.56 Å². The summed E-state index contributed by atoms with van der Waals surface area (Å²) in [5, 5.41) is 9.00. The second-order valence-electron chi connectivity index (χ2n) is 1.83. The van der Waals surface area contributed by atoms with Crippen molar-refractivity contribution < 1.29 is 9.52 Å². The fraction of sp³-hybridized carbons (Fsp3) is 0.333. The quantitative estimate of drug-likeness (QED) is 0.737. The van der Waals surface area contributed by atoms with Gasteiger partial charge in [0.05, 0.1) is 12.4 Å². The lowest BCUT2D eigenvalue weighted by atomic mass is 10.2. The smallest absolute Gasteiger partial charge is 0.174 e. The Kier molecular flexibility index (Phi) is 1.93. The summed E-state index contributed by atoms with van der Waals surface area (Å²) >= 11 is 3.14. The molecule has 50 valence electrons. The molecule has 0 aliphatic heterocycles. The van der Waals surface area contributed by atoms with Gasteiger partial charge in [0.25, 0.3) is 0 Å². The lowest BCUT2D eigenvalue weighted by Gasteiger charge is -1.97. The van der Waals surface area contributed by atoms with Gasteiger partial charge >= 0.3 is 0 Å². The van der Waals surface area contributed by atoms with E-state index < -0.39 is 6.10 Å². The topological polar surface area (TPSA) is 33.4 Å². The molecule has 1 aromatic heterocycles. The first-order chi connectivity index (χ1) is 4.22. The average Bonchev–Trinajstić information content (AvgIpc) is 2.13. The average molecular weight is 191 g/mol. The van der Waals surface area contributed by atoms with Crippen LogP contribution in [0.4, 0.5) is 0 Å². The molecule has 3 heteroatoms. The summed E-state index contributed by atoms with van der Waals surface area (Å²) < 4.78 is 5.49. The van der Waals surface area contributed by atoms with Crippen molar-refractivity contribution in [2.24, 2.45) is 0 Å². The van der Waals surface area contributed by atoms with Crippen LogP contribution in [0.25, 0.3) is 0 Å². The predicted octanol–water partition coefficient (Wildman–Crippen LogP) is 2.10. The molecule has 1 heterocycles. The second kappa shape index (κ2) is 2.54. The van der Waals surface area contributed by atoms with Gasteiger partial charge in [-0.15, -0.1) is 0 Å². The van der Waals surface area contributed by atoms with Crippen LogP contribution in [0.2, 0.25) is 0 Å². The summed E-state index contributed by atoms with van der Waals surface area (Å²) in [4.78, 5) is 0. The first-order valence-corrected chi connectivity index (χ1v) is 3.42. The van der Waals surface area contributed by atoms with E-state index in [1.807, 2.05) is 0 Å². The summed E-state index contributed by atoms with van der Waals surface area (Å²) in [5.41, 5.74) is 0.787. The number of hydrogen-bond donors (Lipinski definition) is 1. The van der Waals surface area contributed by atoms with Crippen LogP contribution >= 0.6 is 15.9 Å². The molecule has 0 aliphatic carbocycles. The summed E-state index contributed by atoms with van der Waals surface area (Å²) in [7, 11) is 0. The van der Waals surface area contributed by atoms with Gasteiger partial charge in [-0.3, -0.25) is 0 Å². The van der Waals surface area contributed by atoms with E-state index in [0.29, 0.717) is 4.67 Å². The maximum absolute atomic E-state index is 9.00. The molecule has 0 bridgehead atoms. The monoisotopic (exact) mass is 190 g/mol. The summed E-state index contributed by atoms with van der Waals surface area (Å²) in [6, 6.07) is 1.73. The molecule has 2 nitrogen and oxygen atoms in total. The van der Waals surface area contributed by atoms with E-state index in [2.05, 4.69) is 15.9 Å². The summed E-state index contributed by atoms with van der Waals surface area (Å²) in [6.07, 6.45) is 1.07. The maximum Gasteiger partial charge on any atom is 0.174 e. The van der Waals surface area contributed by atoms with Crippen molar-refractivity contribution >= 4 is 15.9 Å². The number of halogens is 1. The molecule has 0 amide bonds. The zero-order valence-corrected chi connectivity index (χ0v) is 6.55. The van der Waals surface area contributed by atoms with E-state index in [4.69, 9.17) is 9.52 Å². The Morgan fingerprint density at radius 2 is 2.44 bits per heavy atom. The minimum Gasteiger partial charge on any atom is -0.457 e. The highest BCUT2D eigenvalue weighted by atomic mass is 79.9. The van der Waals surface area contributed by atoms with Crippen molar-refractivity contribution in [2.75, 3.05) is 0 Å². The van der Waals surface area contributed by atoms with Crippen molar-refractivity contribution in [3.63, 3.8) is 0 Å². The third kappa shape index (κ3) is 1.34. The predicted molar refractivity (Wildman–Crippen MR) is 37.0 cm³/mol. The Bertz CT molecular complexity index is 193. The fourth-order valence-corrected chi connectivity index (χ4v) is 1.18. The van der Waals surface area contributed by atoms with Gasteiger partial charge in [0.2, 0.25) is 0 Å². The van der Waals surface area contributed by atoms with E-state index >= 15 is 0 Å². The van der Waals surface area contributed by atoms with E-state index in [1.165, 1.54) is 6.26 Å². The molecule has 0 saturated heterocycles. The van der Waals surface area contributed by atoms with Crippen molar-refractivity contribution in [1.82, 2.24) is 0 Å². The highest BCUT2D eigenvalue weighted by molar-refractivity contribution is 9.10. The number of hydrogen-bond acceptors (Lipinski definition) is 2. The molecule has 0 radical (unpaired) electrons. The Morgan fingerprint density at radius 3 is 2.67 bits per heavy atom. The van der Waals surface area contributed by atoms with Gasteiger partial charge in [-0.25, -0.2) is 0 Å². The molecule has 1 N–H and O–H groups in total. The van der Waals surface area contributed by atoms with Crippen molar-refractivity contribution in [1.29, 1.82) is 0 Å². The van der Waals surface area contributed by atoms with Crippen LogP contribution < -0.4 is 0 Å². The third-order valence-corrected chi connectivity index (χ3v) is 1.74. The Morgan fingerprint density at radius 1 is 1.78 bits per heavy atom. The van der Waals surface area contributed by atoms with Crippen LogP contribution in [0.15, 0.2) is 21.4 Å². The van der Waals surface area contributed by atoms with Gasteiger partial charge in [-0.2, -0.15) is 0 Å². The van der Waals surface area contributed by atoms with Gasteiger partial charge in [0.1, 0.15) is 0 Å². The van der Waals surface area contributed by atoms with Crippen LogP contribution in [0.3, 0.4) is 0 Å². The van der Waals surface area contributed by atoms with Crippen LogP contribution in [0, 0.1) is 0 Å². The second-order valence-corrected chi connectivity index (χ2v) is 2.55. The third-order valence-electron chi connectivity index (χ3n) is 1.10.